The van der Waals surface area contributed by atoms with Crippen molar-refractivity contribution in [2.24, 2.45) is 5.92 Å². The number of nitrogens with one attached hydrogen (secondary N) is 1. The molecule has 2 heterocycles. The fourth-order valence-corrected chi connectivity index (χ4v) is 3.66. The third-order valence-electron chi connectivity index (χ3n) is 4.49. The van der Waals surface area contributed by atoms with Crippen molar-refractivity contribution in [1.82, 2.24) is 15.5 Å². The van der Waals surface area contributed by atoms with Crippen molar-refractivity contribution in [2.75, 3.05) is 19.8 Å². The summed E-state index contributed by atoms with van der Waals surface area (Å²) in [6.45, 7) is 6.79. The third-order valence-corrected chi connectivity index (χ3v) is 4.49. The molecule has 0 radical (unpaired) electrons. The standard InChI is InChI=1S/C15H25N3O2/c1-11(2)9-15(5-3-4-6-15)14-17-13(18-20-14)12-10-19-8-7-16-12/h11-12,16H,3-10H2,1-2H3. The van der Waals surface area contributed by atoms with Crippen LogP contribution in [0.15, 0.2) is 4.52 Å². The number of ether oxygens (including phenoxy) is 1. The van der Waals surface area contributed by atoms with Gasteiger partial charge >= 0.3 is 0 Å². The van der Waals surface area contributed by atoms with Crippen LogP contribution in [0.5, 0.6) is 0 Å². The number of rotatable bonds is 4. The largest absolute Gasteiger partial charge is 0.378 e. The Morgan fingerprint density at radius 1 is 1.35 bits per heavy atom. The maximum absolute atomic E-state index is 5.65. The van der Waals surface area contributed by atoms with E-state index in [9.17, 15) is 0 Å². The van der Waals surface area contributed by atoms with Gasteiger partial charge in [0.2, 0.25) is 5.89 Å². The van der Waals surface area contributed by atoms with Crippen LogP contribution in [0.2, 0.25) is 0 Å². The van der Waals surface area contributed by atoms with Crippen molar-refractivity contribution in [2.45, 2.75) is 57.4 Å². The topological polar surface area (TPSA) is 60.2 Å². The number of morpholine rings is 1. The molecule has 1 saturated carbocycles. The Kier molecular flexibility index (Phi) is 4.08. The van der Waals surface area contributed by atoms with Gasteiger partial charge in [-0.2, -0.15) is 4.98 Å². The van der Waals surface area contributed by atoms with E-state index in [4.69, 9.17) is 14.2 Å². The smallest absolute Gasteiger partial charge is 0.232 e. The molecule has 1 aromatic rings. The lowest BCUT2D eigenvalue weighted by Crippen LogP contribution is -2.35. The first-order valence-electron chi connectivity index (χ1n) is 7.85. The van der Waals surface area contributed by atoms with Crippen molar-refractivity contribution >= 4 is 0 Å². The summed E-state index contributed by atoms with van der Waals surface area (Å²) in [4.78, 5) is 4.72. The summed E-state index contributed by atoms with van der Waals surface area (Å²) in [7, 11) is 0. The lowest BCUT2D eigenvalue weighted by molar-refractivity contribution is 0.0734. The zero-order valence-electron chi connectivity index (χ0n) is 12.5. The predicted molar refractivity (Wildman–Crippen MR) is 75.5 cm³/mol. The van der Waals surface area contributed by atoms with Crippen molar-refractivity contribution in [3.05, 3.63) is 11.7 Å². The molecule has 1 unspecified atom stereocenters. The Bertz CT molecular complexity index is 432. The van der Waals surface area contributed by atoms with E-state index in [1.54, 1.807) is 0 Å². The van der Waals surface area contributed by atoms with Crippen LogP contribution in [-0.2, 0) is 10.2 Å². The van der Waals surface area contributed by atoms with Crippen LogP contribution in [0, 0.1) is 5.92 Å². The molecule has 0 bridgehead atoms. The Hall–Kier alpha value is -0.940. The van der Waals surface area contributed by atoms with E-state index in [-0.39, 0.29) is 11.5 Å². The predicted octanol–water partition coefficient (Wildman–Crippen LogP) is 2.59. The van der Waals surface area contributed by atoms with E-state index in [0.717, 1.165) is 31.3 Å². The molecule has 2 fully saturated rings. The maximum Gasteiger partial charge on any atom is 0.232 e. The number of nitrogens with zero attached hydrogens (tertiary/aromatic N) is 2. The van der Waals surface area contributed by atoms with Gasteiger partial charge in [0.15, 0.2) is 5.82 Å². The Morgan fingerprint density at radius 3 is 2.80 bits per heavy atom. The molecular weight excluding hydrogens is 254 g/mol. The Morgan fingerprint density at radius 2 is 2.15 bits per heavy atom. The lowest BCUT2D eigenvalue weighted by Gasteiger charge is -2.26. The molecule has 5 heteroatoms. The first kappa shape index (κ1) is 14.0. The van der Waals surface area contributed by atoms with Gasteiger partial charge in [-0.05, 0) is 25.2 Å². The van der Waals surface area contributed by atoms with Crippen LogP contribution in [0.4, 0.5) is 0 Å². The summed E-state index contributed by atoms with van der Waals surface area (Å²) in [6, 6.07) is 0.0822. The fraction of sp³-hybridized carbons (Fsp3) is 0.867. The van der Waals surface area contributed by atoms with Crippen LogP contribution >= 0.6 is 0 Å². The zero-order chi connectivity index (χ0) is 14.0. The van der Waals surface area contributed by atoms with E-state index in [2.05, 4.69) is 24.3 Å². The number of hydrogen-bond acceptors (Lipinski definition) is 5. The molecule has 3 rings (SSSR count). The number of hydrogen-bond donors (Lipinski definition) is 1. The van der Waals surface area contributed by atoms with Gasteiger partial charge in [-0.15, -0.1) is 0 Å². The molecule has 1 aliphatic carbocycles. The van der Waals surface area contributed by atoms with Crippen molar-refractivity contribution < 1.29 is 9.26 Å². The van der Waals surface area contributed by atoms with Gasteiger partial charge in [-0.3, -0.25) is 0 Å². The summed E-state index contributed by atoms with van der Waals surface area (Å²) in [5, 5.41) is 7.59. The van der Waals surface area contributed by atoms with E-state index in [1.807, 2.05) is 0 Å². The molecule has 2 aliphatic rings. The lowest BCUT2D eigenvalue weighted by atomic mass is 9.78. The SMILES string of the molecule is CC(C)CC1(c2nc(C3COCCN3)no2)CCCC1. The second kappa shape index (κ2) is 5.82. The molecule has 0 spiro atoms. The van der Waals surface area contributed by atoms with Gasteiger partial charge in [-0.1, -0.05) is 31.8 Å². The summed E-state index contributed by atoms with van der Waals surface area (Å²) in [6.07, 6.45) is 6.05. The maximum atomic E-state index is 5.65. The average Bonchev–Trinajstić information content (AvgIpc) is 3.08. The number of aromatic nitrogens is 2. The van der Waals surface area contributed by atoms with Gasteiger partial charge < -0.3 is 14.6 Å². The zero-order valence-corrected chi connectivity index (χ0v) is 12.5. The molecule has 20 heavy (non-hydrogen) atoms. The second-order valence-electron chi connectivity index (χ2n) is 6.62. The molecular formula is C15H25N3O2. The molecule has 0 amide bonds. The van der Waals surface area contributed by atoms with Crippen molar-refractivity contribution in [1.29, 1.82) is 0 Å². The van der Waals surface area contributed by atoms with Crippen LogP contribution in [0.1, 0.15) is 63.7 Å². The van der Waals surface area contributed by atoms with Crippen molar-refractivity contribution in [3.63, 3.8) is 0 Å². The summed E-state index contributed by atoms with van der Waals surface area (Å²) >= 11 is 0. The fourth-order valence-electron chi connectivity index (χ4n) is 3.66. The normalized spacial score (nSPS) is 26.2. The molecule has 1 saturated heterocycles. The molecule has 5 nitrogen and oxygen atoms in total. The molecule has 1 atom stereocenters. The molecule has 112 valence electrons. The van der Waals surface area contributed by atoms with Crippen molar-refractivity contribution in [3.8, 4) is 0 Å². The minimum Gasteiger partial charge on any atom is -0.378 e. The van der Waals surface area contributed by atoms with E-state index >= 15 is 0 Å². The van der Waals surface area contributed by atoms with E-state index < -0.39 is 0 Å². The minimum atomic E-state index is 0.0822. The highest BCUT2D eigenvalue weighted by Gasteiger charge is 2.41. The molecule has 0 aromatic carbocycles. The first-order valence-corrected chi connectivity index (χ1v) is 7.85. The first-order chi connectivity index (χ1) is 9.70. The third kappa shape index (κ3) is 2.74. The summed E-state index contributed by atoms with van der Waals surface area (Å²) in [5.74, 6) is 2.26. The average molecular weight is 279 g/mol. The van der Waals surface area contributed by atoms with Gasteiger partial charge in [0.05, 0.1) is 19.3 Å². The summed E-state index contributed by atoms with van der Waals surface area (Å²) in [5.41, 5.74) is 0.120. The van der Waals surface area contributed by atoms with E-state index in [0.29, 0.717) is 12.5 Å². The van der Waals surface area contributed by atoms with Crippen LogP contribution in [-0.4, -0.2) is 29.9 Å². The van der Waals surface area contributed by atoms with Gasteiger partial charge in [0, 0.05) is 12.0 Å². The monoisotopic (exact) mass is 279 g/mol. The van der Waals surface area contributed by atoms with Gasteiger partial charge in [0.1, 0.15) is 0 Å². The highest BCUT2D eigenvalue weighted by molar-refractivity contribution is 5.10. The quantitative estimate of drug-likeness (QED) is 0.918. The van der Waals surface area contributed by atoms with Crippen LogP contribution < -0.4 is 5.32 Å². The Balaban J connectivity index is 1.79. The van der Waals surface area contributed by atoms with Crippen LogP contribution in [0.3, 0.4) is 0 Å². The highest BCUT2D eigenvalue weighted by atomic mass is 16.5. The Labute approximate surface area is 120 Å². The van der Waals surface area contributed by atoms with Gasteiger partial charge in [0.25, 0.3) is 0 Å². The molecule has 1 N–H and O–H groups in total. The second-order valence-corrected chi connectivity index (χ2v) is 6.62. The van der Waals surface area contributed by atoms with Gasteiger partial charge in [-0.25, -0.2) is 0 Å². The molecule has 1 aromatic heterocycles. The minimum absolute atomic E-state index is 0.0822. The summed E-state index contributed by atoms with van der Waals surface area (Å²) < 4.78 is 11.1. The molecule has 1 aliphatic heterocycles. The van der Waals surface area contributed by atoms with E-state index in [1.165, 1.54) is 25.7 Å². The highest BCUT2D eigenvalue weighted by Crippen LogP contribution is 2.45. The van der Waals surface area contributed by atoms with Crippen LogP contribution in [0.25, 0.3) is 0 Å².